The van der Waals surface area contributed by atoms with Gasteiger partial charge < -0.3 is 25.8 Å². The molecule has 0 unspecified atom stereocenters. The average Bonchev–Trinajstić information content (AvgIpc) is 3.22. The van der Waals surface area contributed by atoms with Gasteiger partial charge in [-0.05, 0) is 56.2 Å². The van der Waals surface area contributed by atoms with Crippen molar-refractivity contribution < 1.29 is 14.3 Å². The highest BCUT2D eigenvalue weighted by Crippen LogP contribution is 2.43. The van der Waals surface area contributed by atoms with Crippen molar-refractivity contribution in [1.82, 2.24) is 19.5 Å². The number of hydrogen-bond donors (Lipinski definition) is 3. The van der Waals surface area contributed by atoms with Crippen LogP contribution in [0, 0.1) is 11.3 Å². The molecule has 10 nitrogen and oxygen atoms in total. The highest BCUT2D eigenvalue weighted by molar-refractivity contribution is 6.30. The van der Waals surface area contributed by atoms with Crippen molar-refractivity contribution in [2.45, 2.75) is 58.0 Å². The van der Waals surface area contributed by atoms with E-state index in [-0.39, 0.29) is 17.5 Å². The maximum atomic E-state index is 11.2. The van der Waals surface area contributed by atoms with E-state index >= 15 is 0 Å². The zero-order valence-electron chi connectivity index (χ0n) is 21.2. The number of rotatable bonds is 7. The maximum absolute atomic E-state index is 11.2. The molecule has 1 aliphatic carbocycles. The minimum Gasteiger partial charge on any atom is -0.449 e. The SMILES string of the molecule is C[C@@H]1COCC[C@@H]1Nc1ncc2nc(Nc3cccc(Cl)c3)n(C3CCC(C)(COC(N)=O)CC3)c2n1. The number of nitrogens with two attached hydrogens (primary N) is 1. The molecule has 198 valence electrons. The second-order valence-electron chi connectivity index (χ2n) is 10.6. The first kappa shape index (κ1) is 25.5. The minimum absolute atomic E-state index is 0.108. The zero-order valence-corrected chi connectivity index (χ0v) is 22.0. The van der Waals surface area contributed by atoms with Gasteiger partial charge in [-0.15, -0.1) is 0 Å². The zero-order chi connectivity index (χ0) is 26.0. The third-order valence-electron chi connectivity index (χ3n) is 7.56. The number of nitrogens with one attached hydrogen (secondary N) is 2. The van der Waals surface area contributed by atoms with E-state index in [1.165, 1.54) is 0 Å². The van der Waals surface area contributed by atoms with Crippen LogP contribution in [0.4, 0.5) is 22.4 Å². The van der Waals surface area contributed by atoms with Gasteiger partial charge in [0.2, 0.25) is 11.9 Å². The summed E-state index contributed by atoms with van der Waals surface area (Å²) in [5, 5.41) is 7.61. The Morgan fingerprint density at radius 1 is 1.30 bits per heavy atom. The number of anilines is 3. The summed E-state index contributed by atoms with van der Waals surface area (Å²) in [6.45, 7) is 6.10. The fourth-order valence-electron chi connectivity index (χ4n) is 5.30. The number of carbonyl (C=O) groups is 1. The number of fused-ring (bicyclic) bond motifs is 1. The van der Waals surface area contributed by atoms with Gasteiger partial charge in [-0.3, -0.25) is 4.57 Å². The number of hydrogen-bond acceptors (Lipinski definition) is 8. The number of aromatic nitrogens is 4. The van der Waals surface area contributed by atoms with Crippen molar-refractivity contribution in [3.8, 4) is 0 Å². The third-order valence-corrected chi connectivity index (χ3v) is 7.79. The van der Waals surface area contributed by atoms with Crippen molar-refractivity contribution in [2.75, 3.05) is 30.5 Å². The Bertz CT molecular complexity index is 1260. The normalized spacial score (nSPS) is 26.1. The smallest absolute Gasteiger partial charge is 0.404 e. The topological polar surface area (TPSA) is 129 Å². The van der Waals surface area contributed by atoms with Gasteiger partial charge in [-0.1, -0.05) is 31.5 Å². The number of benzene rings is 1. The van der Waals surface area contributed by atoms with Crippen LogP contribution in [0.1, 0.15) is 52.0 Å². The van der Waals surface area contributed by atoms with Crippen LogP contribution in [-0.4, -0.2) is 51.5 Å². The van der Waals surface area contributed by atoms with Crippen LogP contribution in [-0.2, 0) is 9.47 Å². The minimum atomic E-state index is -0.729. The summed E-state index contributed by atoms with van der Waals surface area (Å²) in [4.78, 5) is 25.5. The van der Waals surface area contributed by atoms with Crippen molar-refractivity contribution in [2.24, 2.45) is 17.1 Å². The molecule has 2 atom stereocenters. The van der Waals surface area contributed by atoms with E-state index in [1.54, 1.807) is 6.20 Å². The van der Waals surface area contributed by atoms with Crippen molar-refractivity contribution in [3.05, 3.63) is 35.5 Å². The van der Waals surface area contributed by atoms with E-state index in [1.807, 2.05) is 24.3 Å². The number of carbonyl (C=O) groups excluding carboxylic acids is 1. The first-order valence-electron chi connectivity index (χ1n) is 12.8. The van der Waals surface area contributed by atoms with Gasteiger partial charge >= 0.3 is 6.09 Å². The van der Waals surface area contributed by atoms with Gasteiger partial charge in [0.1, 0.15) is 5.52 Å². The highest BCUT2D eigenvalue weighted by Gasteiger charge is 2.35. The number of imidazole rings is 1. The number of primary amides is 1. The van der Waals surface area contributed by atoms with Gasteiger partial charge in [-0.25, -0.2) is 14.8 Å². The second-order valence-corrected chi connectivity index (χ2v) is 11.0. The molecule has 2 fully saturated rings. The van der Waals surface area contributed by atoms with E-state index in [2.05, 4.69) is 34.0 Å². The lowest BCUT2D eigenvalue weighted by Crippen LogP contribution is -2.36. The summed E-state index contributed by atoms with van der Waals surface area (Å²) < 4.78 is 12.9. The second kappa shape index (κ2) is 10.7. The Labute approximate surface area is 221 Å². The summed E-state index contributed by atoms with van der Waals surface area (Å²) in [7, 11) is 0. The lowest BCUT2D eigenvalue weighted by molar-refractivity contribution is 0.0536. The molecule has 1 saturated heterocycles. The Balaban J connectivity index is 1.45. The Morgan fingerprint density at radius 3 is 2.84 bits per heavy atom. The van der Waals surface area contributed by atoms with Gasteiger partial charge in [0, 0.05) is 34.8 Å². The summed E-state index contributed by atoms with van der Waals surface area (Å²) >= 11 is 6.24. The van der Waals surface area contributed by atoms with Crippen LogP contribution in [0.15, 0.2) is 30.5 Å². The van der Waals surface area contributed by atoms with Gasteiger partial charge in [0.05, 0.1) is 19.4 Å². The molecule has 0 spiro atoms. The van der Waals surface area contributed by atoms with Crippen LogP contribution in [0.2, 0.25) is 5.02 Å². The first-order chi connectivity index (χ1) is 17.8. The molecule has 1 aliphatic heterocycles. The predicted octanol–water partition coefficient (Wildman–Crippen LogP) is 5.28. The van der Waals surface area contributed by atoms with Crippen LogP contribution >= 0.6 is 11.6 Å². The summed E-state index contributed by atoms with van der Waals surface area (Å²) in [5.74, 6) is 1.67. The van der Waals surface area contributed by atoms with Gasteiger partial charge in [-0.2, -0.15) is 4.98 Å². The molecule has 4 N–H and O–H groups in total. The third kappa shape index (κ3) is 5.91. The van der Waals surface area contributed by atoms with Crippen LogP contribution in [0.5, 0.6) is 0 Å². The van der Waals surface area contributed by atoms with Crippen molar-refractivity contribution in [1.29, 1.82) is 0 Å². The molecular formula is C26H34ClN7O3. The number of halogens is 1. The first-order valence-corrected chi connectivity index (χ1v) is 13.2. The highest BCUT2D eigenvalue weighted by atomic mass is 35.5. The average molecular weight is 528 g/mol. The van der Waals surface area contributed by atoms with Crippen LogP contribution in [0.25, 0.3) is 11.2 Å². The van der Waals surface area contributed by atoms with Gasteiger partial charge in [0.15, 0.2) is 5.65 Å². The maximum Gasteiger partial charge on any atom is 0.404 e. The molecule has 5 rings (SSSR count). The van der Waals surface area contributed by atoms with Gasteiger partial charge in [0.25, 0.3) is 0 Å². The van der Waals surface area contributed by atoms with E-state index in [0.717, 1.165) is 62.2 Å². The molecule has 1 amide bonds. The number of amides is 1. The molecule has 1 aromatic carbocycles. The fourth-order valence-corrected chi connectivity index (χ4v) is 5.49. The Morgan fingerprint density at radius 2 is 2.11 bits per heavy atom. The molecule has 11 heteroatoms. The molecule has 0 bridgehead atoms. The number of nitrogens with zero attached hydrogens (tertiary/aromatic N) is 4. The molecule has 2 aromatic heterocycles. The molecule has 1 saturated carbocycles. The monoisotopic (exact) mass is 527 g/mol. The van der Waals surface area contributed by atoms with Crippen LogP contribution in [0.3, 0.4) is 0 Å². The van der Waals surface area contributed by atoms with E-state index < -0.39 is 6.09 Å². The van der Waals surface area contributed by atoms with Crippen molar-refractivity contribution >= 4 is 46.4 Å². The van der Waals surface area contributed by atoms with Crippen LogP contribution < -0.4 is 16.4 Å². The quantitative estimate of drug-likeness (QED) is 0.378. The van der Waals surface area contributed by atoms with E-state index in [9.17, 15) is 4.79 Å². The summed E-state index contributed by atoms with van der Waals surface area (Å²) in [6, 6.07) is 7.99. The summed E-state index contributed by atoms with van der Waals surface area (Å²) in [6.07, 6.45) is 5.51. The number of ether oxygens (including phenoxy) is 2. The standard InChI is InChI=1S/C26H34ClN7O3/c1-16-14-36-11-8-20(16)31-24-29-13-21-22(33-24)34(25(32-21)30-18-5-3-4-17(27)12-18)19-6-9-26(2,10-7-19)15-37-23(28)35/h3-5,12-13,16,19-20H,6-11,14-15H2,1-2H3,(H2,28,35)(H,30,32)(H,29,31,33)/t16-,19?,20+,26?/m1/s1. The van der Waals surface area contributed by atoms with Crippen molar-refractivity contribution in [3.63, 3.8) is 0 Å². The molecule has 3 aromatic rings. The molecule has 37 heavy (non-hydrogen) atoms. The molecule has 3 heterocycles. The lowest BCUT2D eigenvalue weighted by Gasteiger charge is -2.37. The largest absolute Gasteiger partial charge is 0.449 e. The fraction of sp³-hybridized carbons (Fsp3) is 0.538. The molecule has 0 radical (unpaired) electrons. The molecule has 2 aliphatic rings. The lowest BCUT2D eigenvalue weighted by atomic mass is 9.74. The van der Waals surface area contributed by atoms with E-state index in [0.29, 0.717) is 29.4 Å². The Kier molecular flexibility index (Phi) is 7.39. The molecular weight excluding hydrogens is 494 g/mol. The Hall–Kier alpha value is -3.11. The van der Waals surface area contributed by atoms with E-state index in [4.69, 9.17) is 36.8 Å². The summed E-state index contributed by atoms with van der Waals surface area (Å²) in [5.41, 5.74) is 7.46. The predicted molar refractivity (Wildman–Crippen MR) is 143 cm³/mol.